The third kappa shape index (κ3) is 5.96. The molecule has 2 aromatic heterocycles. The van der Waals surface area contributed by atoms with Crippen molar-refractivity contribution in [3.05, 3.63) is 206 Å². The number of nitrogens with zero attached hydrogens (tertiary/aromatic N) is 4. The van der Waals surface area contributed by atoms with E-state index in [-0.39, 0.29) is 0 Å². The summed E-state index contributed by atoms with van der Waals surface area (Å²) in [6, 6.07) is 72.0. The van der Waals surface area contributed by atoms with Crippen molar-refractivity contribution < 1.29 is 0 Å². The molecule has 258 valence electrons. The molecule has 2 heterocycles. The van der Waals surface area contributed by atoms with E-state index in [1.807, 2.05) is 36.4 Å². The number of fused-ring (bicyclic) bond motifs is 3. The highest BCUT2D eigenvalue weighted by Crippen LogP contribution is 2.44. The lowest BCUT2D eigenvalue weighted by atomic mass is 9.91. The van der Waals surface area contributed by atoms with E-state index >= 15 is 0 Å². The number of aromatic nitrogens is 4. The Morgan fingerprint density at radius 2 is 0.855 bits per heavy atom. The van der Waals surface area contributed by atoms with Gasteiger partial charge < -0.3 is 0 Å². The monoisotopic (exact) mass is 702 g/mol. The van der Waals surface area contributed by atoms with Gasteiger partial charge in [0.15, 0.2) is 5.82 Å². The molecule has 0 radical (unpaired) electrons. The zero-order valence-electron chi connectivity index (χ0n) is 29.9. The molecule has 0 amide bonds. The fourth-order valence-electron chi connectivity index (χ4n) is 7.61. The van der Waals surface area contributed by atoms with Gasteiger partial charge in [-0.1, -0.05) is 182 Å². The molecule has 10 rings (SSSR count). The first-order valence-corrected chi connectivity index (χ1v) is 18.5. The van der Waals surface area contributed by atoms with Gasteiger partial charge in [-0.3, -0.25) is 0 Å². The smallest absolute Gasteiger partial charge is 0.160 e. The maximum Gasteiger partial charge on any atom is 0.160 e. The van der Waals surface area contributed by atoms with E-state index in [2.05, 4.69) is 175 Å². The predicted octanol–water partition coefficient (Wildman–Crippen LogP) is 13.0. The lowest BCUT2D eigenvalue weighted by Crippen LogP contribution is -1.97. The Morgan fingerprint density at radius 3 is 1.53 bits per heavy atom. The highest BCUT2D eigenvalue weighted by molar-refractivity contribution is 6.18. The lowest BCUT2D eigenvalue weighted by molar-refractivity contribution is 0.918. The summed E-state index contributed by atoms with van der Waals surface area (Å²) in [5, 5.41) is 8.96. The minimum absolute atomic E-state index is 0.703. The van der Waals surface area contributed by atoms with E-state index in [4.69, 9.17) is 15.1 Å². The van der Waals surface area contributed by atoms with Gasteiger partial charge in [0.2, 0.25) is 0 Å². The fraction of sp³-hybridized carbons (Fsp3) is 0. The zero-order valence-corrected chi connectivity index (χ0v) is 29.9. The second kappa shape index (κ2) is 13.8. The Labute approximate surface area is 319 Å². The third-order valence-corrected chi connectivity index (χ3v) is 10.3. The highest BCUT2D eigenvalue weighted by atomic mass is 15.3. The van der Waals surface area contributed by atoms with Crippen LogP contribution in [-0.4, -0.2) is 19.7 Å². The highest BCUT2D eigenvalue weighted by Gasteiger charge is 2.23. The summed E-state index contributed by atoms with van der Waals surface area (Å²) in [4.78, 5) is 10.1. The molecular formula is C51H34N4. The van der Waals surface area contributed by atoms with Crippen molar-refractivity contribution in [3.8, 4) is 73.1 Å². The van der Waals surface area contributed by atoms with Gasteiger partial charge in [-0.15, -0.1) is 0 Å². The van der Waals surface area contributed by atoms with Gasteiger partial charge in [0.05, 0.1) is 22.6 Å². The molecule has 10 aromatic rings. The van der Waals surface area contributed by atoms with Gasteiger partial charge in [0.25, 0.3) is 0 Å². The predicted molar refractivity (Wildman–Crippen MR) is 227 cm³/mol. The Morgan fingerprint density at radius 1 is 0.364 bits per heavy atom. The SMILES string of the molecule is c1ccc(-c2cc(-c3ccc(-c4ccccc4-c4nn(-c5ccccc5)c5c4c(-c4ccccc4)cc4ccccc45)cc3)nc(-c3ccccc3)n2)cc1. The maximum absolute atomic E-state index is 5.49. The van der Waals surface area contributed by atoms with Crippen molar-refractivity contribution in [2.75, 3.05) is 0 Å². The van der Waals surface area contributed by atoms with Crippen LogP contribution < -0.4 is 0 Å². The normalized spacial score (nSPS) is 11.3. The first-order chi connectivity index (χ1) is 27.3. The van der Waals surface area contributed by atoms with E-state index < -0.39 is 0 Å². The summed E-state index contributed by atoms with van der Waals surface area (Å²) in [6.07, 6.45) is 0. The summed E-state index contributed by atoms with van der Waals surface area (Å²) in [6.45, 7) is 0. The fourth-order valence-corrected chi connectivity index (χ4v) is 7.61. The lowest BCUT2D eigenvalue weighted by Gasteiger charge is -2.13. The van der Waals surface area contributed by atoms with Crippen LogP contribution in [0.2, 0.25) is 0 Å². The minimum atomic E-state index is 0.703. The number of benzene rings is 8. The van der Waals surface area contributed by atoms with Crippen LogP contribution in [0.3, 0.4) is 0 Å². The first kappa shape index (κ1) is 32.2. The van der Waals surface area contributed by atoms with E-state index in [9.17, 15) is 0 Å². The van der Waals surface area contributed by atoms with E-state index in [1.165, 1.54) is 5.39 Å². The molecule has 0 unspecified atom stereocenters. The average Bonchev–Trinajstić information content (AvgIpc) is 3.68. The number of para-hydroxylation sites is 1. The van der Waals surface area contributed by atoms with Crippen molar-refractivity contribution in [1.82, 2.24) is 19.7 Å². The first-order valence-electron chi connectivity index (χ1n) is 18.5. The van der Waals surface area contributed by atoms with Crippen molar-refractivity contribution in [3.63, 3.8) is 0 Å². The summed E-state index contributed by atoms with van der Waals surface area (Å²) >= 11 is 0. The van der Waals surface area contributed by atoms with Gasteiger partial charge in [0, 0.05) is 33.0 Å². The molecule has 55 heavy (non-hydrogen) atoms. The number of hydrogen-bond acceptors (Lipinski definition) is 3. The summed E-state index contributed by atoms with van der Waals surface area (Å²) in [5.41, 5.74) is 13.5. The van der Waals surface area contributed by atoms with Crippen molar-refractivity contribution in [2.24, 2.45) is 0 Å². The molecule has 4 heteroatoms. The topological polar surface area (TPSA) is 43.6 Å². The number of hydrogen-bond donors (Lipinski definition) is 0. The standard InChI is InChI=1S/C51H34N4/c1-5-17-35(18-6-1)45-33-40-23-13-14-27-43(40)50-48(45)49(54-55(50)41-24-11-4-12-25-41)44-28-16-15-26-42(44)36-29-31-38(32-30-36)47-34-46(37-19-7-2-8-20-37)52-51(53-47)39-21-9-3-10-22-39/h1-34H. The van der Waals surface area contributed by atoms with Crippen molar-refractivity contribution in [1.29, 1.82) is 0 Å². The van der Waals surface area contributed by atoms with Crippen LogP contribution in [0.5, 0.6) is 0 Å². The van der Waals surface area contributed by atoms with Crippen molar-refractivity contribution >= 4 is 21.7 Å². The van der Waals surface area contributed by atoms with E-state index in [1.54, 1.807) is 0 Å². The Balaban J connectivity index is 1.15. The van der Waals surface area contributed by atoms with Crippen LogP contribution in [0.15, 0.2) is 206 Å². The molecule has 0 aliphatic heterocycles. The summed E-state index contributed by atoms with van der Waals surface area (Å²) in [5.74, 6) is 0.703. The summed E-state index contributed by atoms with van der Waals surface area (Å²) < 4.78 is 2.13. The zero-order chi connectivity index (χ0) is 36.6. The van der Waals surface area contributed by atoms with Gasteiger partial charge in [-0.25, -0.2) is 14.6 Å². The summed E-state index contributed by atoms with van der Waals surface area (Å²) in [7, 11) is 0. The largest absolute Gasteiger partial charge is 0.232 e. The Bertz CT molecular complexity index is 2880. The molecule has 4 nitrogen and oxygen atoms in total. The van der Waals surface area contributed by atoms with Crippen molar-refractivity contribution in [2.45, 2.75) is 0 Å². The van der Waals surface area contributed by atoms with Crippen LogP contribution in [0.1, 0.15) is 0 Å². The molecule has 0 aliphatic carbocycles. The Kier molecular flexibility index (Phi) is 8.12. The molecular weight excluding hydrogens is 669 g/mol. The molecule has 0 bridgehead atoms. The second-order valence-corrected chi connectivity index (χ2v) is 13.6. The van der Waals surface area contributed by atoms with E-state index in [0.29, 0.717) is 5.82 Å². The molecule has 0 atom stereocenters. The van der Waals surface area contributed by atoms with Crippen LogP contribution in [0, 0.1) is 0 Å². The quantitative estimate of drug-likeness (QED) is 0.166. The van der Waals surface area contributed by atoms with Crippen LogP contribution in [0.4, 0.5) is 0 Å². The molecule has 0 aliphatic rings. The van der Waals surface area contributed by atoms with E-state index in [0.717, 1.165) is 83.6 Å². The Hall–Kier alpha value is -7.43. The molecule has 8 aromatic carbocycles. The molecule has 0 fully saturated rings. The average molecular weight is 703 g/mol. The van der Waals surface area contributed by atoms with Crippen LogP contribution in [0.25, 0.3) is 94.8 Å². The van der Waals surface area contributed by atoms with Gasteiger partial charge in [0.1, 0.15) is 5.69 Å². The molecule has 0 saturated carbocycles. The third-order valence-electron chi connectivity index (χ3n) is 10.3. The van der Waals surface area contributed by atoms with Gasteiger partial charge in [-0.2, -0.15) is 5.10 Å². The van der Waals surface area contributed by atoms with Gasteiger partial charge in [-0.05, 0) is 51.9 Å². The second-order valence-electron chi connectivity index (χ2n) is 13.6. The van der Waals surface area contributed by atoms with Crippen LogP contribution >= 0.6 is 0 Å². The van der Waals surface area contributed by atoms with Gasteiger partial charge >= 0.3 is 0 Å². The van der Waals surface area contributed by atoms with Crippen LogP contribution in [-0.2, 0) is 0 Å². The maximum atomic E-state index is 5.49. The number of rotatable bonds is 7. The molecule has 0 N–H and O–H groups in total. The minimum Gasteiger partial charge on any atom is -0.232 e. The molecule has 0 spiro atoms. The molecule has 0 saturated heterocycles.